The first-order valence-electron chi connectivity index (χ1n) is 5.64. The van der Waals surface area contributed by atoms with Gasteiger partial charge in [-0.3, -0.25) is 14.9 Å². The zero-order valence-corrected chi connectivity index (χ0v) is 10.5. The molecule has 0 bridgehead atoms. The van der Waals surface area contributed by atoms with Crippen LogP contribution in [0.25, 0.3) is 0 Å². The smallest absolute Gasteiger partial charge is 0.294 e. The lowest BCUT2D eigenvalue weighted by molar-refractivity contribution is -0.384. The molecule has 1 aromatic rings. The number of anilines is 1. The van der Waals surface area contributed by atoms with Crippen LogP contribution in [0.3, 0.4) is 0 Å². The molecule has 0 saturated carbocycles. The Labute approximate surface area is 113 Å². The molecule has 1 amide bonds. The van der Waals surface area contributed by atoms with Gasteiger partial charge in [0.15, 0.2) is 0 Å². The van der Waals surface area contributed by atoms with E-state index in [2.05, 4.69) is 10.6 Å². The van der Waals surface area contributed by atoms with Gasteiger partial charge in [-0.2, -0.15) is 0 Å². The Morgan fingerprint density at radius 1 is 1.58 bits per heavy atom. The number of nitrogens with zero attached hydrogens (tertiary/aromatic N) is 1. The molecule has 0 spiro atoms. The second-order valence-corrected chi connectivity index (χ2v) is 4.63. The van der Waals surface area contributed by atoms with Gasteiger partial charge < -0.3 is 10.6 Å². The predicted molar refractivity (Wildman–Crippen MR) is 67.7 cm³/mol. The molecule has 1 aliphatic rings. The van der Waals surface area contributed by atoms with E-state index in [9.17, 15) is 19.3 Å². The molecule has 0 radical (unpaired) electrons. The van der Waals surface area contributed by atoms with E-state index in [0.717, 1.165) is 12.1 Å². The summed E-state index contributed by atoms with van der Waals surface area (Å²) < 4.78 is 13.3. The molecule has 1 heterocycles. The standard InChI is InChI=1S/C11H11ClFN3O3/c12-7-3-10(16(18)19)9(4-8(7)13)14-5-6-1-2-11(17)15-6/h3-4,6,14H,1-2,5H2,(H,15,17). The van der Waals surface area contributed by atoms with Gasteiger partial charge in [0.2, 0.25) is 5.91 Å². The highest BCUT2D eigenvalue weighted by atomic mass is 35.5. The van der Waals surface area contributed by atoms with Crippen LogP contribution in [0.5, 0.6) is 0 Å². The summed E-state index contributed by atoms with van der Waals surface area (Å²) in [7, 11) is 0. The Kier molecular flexibility index (Phi) is 3.84. The second kappa shape index (κ2) is 5.40. The Hall–Kier alpha value is -1.89. The fourth-order valence-corrected chi connectivity index (χ4v) is 2.05. The van der Waals surface area contributed by atoms with Gasteiger partial charge in [0.1, 0.15) is 11.5 Å². The lowest BCUT2D eigenvalue weighted by atomic mass is 10.2. The summed E-state index contributed by atoms with van der Waals surface area (Å²) in [6.07, 6.45) is 1.08. The first-order valence-corrected chi connectivity index (χ1v) is 6.02. The van der Waals surface area contributed by atoms with Gasteiger partial charge in [0.05, 0.1) is 9.95 Å². The number of hydrogen-bond donors (Lipinski definition) is 2. The number of rotatable bonds is 4. The van der Waals surface area contributed by atoms with Crippen molar-refractivity contribution in [3.05, 3.63) is 33.1 Å². The minimum absolute atomic E-state index is 0.0491. The molecular formula is C11H11ClFN3O3. The van der Waals surface area contributed by atoms with E-state index in [1.807, 2.05) is 0 Å². The van der Waals surface area contributed by atoms with Crippen LogP contribution in [0.1, 0.15) is 12.8 Å². The van der Waals surface area contributed by atoms with Gasteiger partial charge in [-0.15, -0.1) is 0 Å². The van der Waals surface area contributed by atoms with E-state index in [-0.39, 0.29) is 28.3 Å². The van der Waals surface area contributed by atoms with E-state index in [0.29, 0.717) is 19.4 Å². The molecule has 1 saturated heterocycles. The van der Waals surface area contributed by atoms with Gasteiger partial charge in [0, 0.05) is 31.1 Å². The van der Waals surface area contributed by atoms with Gasteiger partial charge in [-0.1, -0.05) is 11.6 Å². The SMILES string of the molecule is O=C1CCC(CNc2cc(F)c(Cl)cc2[N+](=O)[O-])N1. The molecule has 6 nitrogen and oxygen atoms in total. The van der Waals surface area contributed by atoms with Crippen LogP contribution < -0.4 is 10.6 Å². The molecule has 1 aliphatic heterocycles. The molecule has 2 rings (SSSR count). The van der Waals surface area contributed by atoms with Crippen molar-refractivity contribution in [1.82, 2.24) is 5.32 Å². The Morgan fingerprint density at radius 2 is 2.32 bits per heavy atom. The molecule has 1 unspecified atom stereocenters. The predicted octanol–water partition coefficient (Wildman–Crippen LogP) is 2.08. The minimum atomic E-state index is -0.731. The number of nitrogens with one attached hydrogen (secondary N) is 2. The number of carbonyl (C=O) groups excluding carboxylic acids is 1. The topological polar surface area (TPSA) is 84.3 Å². The first-order chi connectivity index (χ1) is 8.97. The fourth-order valence-electron chi connectivity index (χ4n) is 1.89. The summed E-state index contributed by atoms with van der Waals surface area (Å²) in [6, 6.07) is 1.84. The van der Waals surface area contributed by atoms with E-state index in [1.165, 1.54) is 0 Å². The number of nitro groups is 1. The molecule has 8 heteroatoms. The van der Waals surface area contributed by atoms with Gasteiger partial charge in [-0.05, 0) is 6.42 Å². The molecule has 0 aromatic heterocycles. The molecule has 2 N–H and O–H groups in total. The highest BCUT2D eigenvalue weighted by Crippen LogP contribution is 2.30. The van der Waals surface area contributed by atoms with Crippen molar-refractivity contribution in [2.24, 2.45) is 0 Å². The summed E-state index contributed by atoms with van der Waals surface area (Å²) in [4.78, 5) is 21.2. The van der Waals surface area contributed by atoms with E-state index >= 15 is 0 Å². The fraction of sp³-hybridized carbons (Fsp3) is 0.364. The number of nitro benzene ring substituents is 1. The quantitative estimate of drug-likeness (QED) is 0.656. The van der Waals surface area contributed by atoms with Crippen molar-refractivity contribution in [3.63, 3.8) is 0 Å². The maximum absolute atomic E-state index is 13.3. The van der Waals surface area contributed by atoms with Gasteiger partial charge >= 0.3 is 0 Å². The highest BCUT2D eigenvalue weighted by Gasteiger charge is 2.22. The second-order valence-electron chi connectivity index (χ2n) is 4.22. The largest absolute Gasteiger partial charge is 0.377 e. The van der Waals surface area contributed by atoms with Crippen molar-refractivity contribution in [2.75, 3.05) is 11.9 Å². The zero-order chi connectivity index (χ0) is 14.0. The van der Waals surface area contributed by atoms with Crippen molar-refractivity contribution < 1.29 is 14.1 Å². The average molecular weight is 288 g/mol. The summed E-state index contributed by atoms with van der Waals surface area (Å²) in [5, 5.41) is 16.0. The van der Waals surface area contributed by atoms with Gasteiger partial charge in [0.25, 0.3) is 5.69 Å². The highest BCUT2D eigenvalue weighted by molar-refractivity contribution is 6.31. The van der Waals surface area contributed by atoms with Crippen LogP contribution in [-0.2, 0) is 4.79 Å². The number of amides is 1. The molecule has 1 fully saturated rings. The third-order valence-electron chi connectivity index (χ3n) is 2.86. The summed E-state index contributed by atoms with van der Waals surface area (Å²) in [5.41, 5.74) is -0.247. The van der Waals surface area contributed by atoms with Crippen LogP contribution in [0.2, 0.25) is 5.02 Å². The lowest BCUT2D eigenvalue weighted by Crippen LogP contribution is -2.31. The zero-order valence-electron chi connectivity index (χ0n) is 9.78. The van der Waals surface area contributed by atoms with Crippen molar-refractivity contribution in [1.29, 1.82) is 0 Å². The van der Waals surface area contributed by atoms with Crippen LogP contribution in [0.4, 0.5) is 15.8 Å². The number of hydrogen-bond acceptors (Lipinski definition) is 4. The third kappa shape index (κ3) is 3.11. The summed E-state index contributed by atoms with van der Waals surface area (Å²) in [5.74, 6) is -0.784. The summed E-state index contributed by atoms with van der Waals surface area (Å²) >= 11 is 5.51. The van der Waals surface area contributed by atoms with E-state index < -0.39 is 10.7 Å². The number of carbonyl (C=O) groups is 1. The Morgan fingerprint density at radius 3 is 2.89 bits per heavy atom. The number of halogens is 2. The van der Waals surface area contributed by atoms with E-state index in [4.69, 9.17) is 11.6 Å². The molecule has 102 valence electrons. The monoisotopic (exact) mass is 287 g/mol. The molecular weight excluding hydrogens is 277 g/mol. The molecule has 1 atom stereocenters. The number of benzene rings is 1. The Bertz CT molecular complexity index is 538. The maximum Gasteiger partial charge on any atom is 0.294 e. The van der Waals surface area contributed by atoms with Crippen molar-refractivity contribution in [2.45, 2.75) is 18.9 Å². The Balaban J connectivity index is 2.12. The molecule has 1 aromatic carbocycles. The third-order valence-corrected chi connectivity index (χ3v) is 3.15. The minimum Gasteiger partial charge on any atom is -0.377 e. The molecule has 0 aliphatic carbocycles. The van der Waals surface area contributed by atoms with Crippen LogP contribution in [-0.4, -0.2) is 23.4 Å². The molecule has 19 heavy (non-hydrogen) atoms. The summed E-state index contributed by atoms with van der Waals surface area (Å²) in [6.45, 7) is 0.299. The van der Waals surface area contributed by atoms with Crippen molar-refractivity contribution >= 4 is 28.9 Å². The van der Waals surface area contributed by atoms with Crippen molar-refractivity contribution in [3.8, 4) is 0 Å². The van der Waals surface area contributed by atoms with Crippen LogP contribution in [0, 0.1) is 15.9 Å². The van der Waals surface area contributed by atoms with Gasteiger partial charge in [-0.25, -0.2) is 4.39 Å². The van der Waals surface area contributed by atoms with E-state index in [1.54, 1.807) is 0 Å². The van der Waals surface area contributed by atoms with Crippen LogP contribution in [0.15, 0.2) is 12.1 Å². The van der Waals surface area contributed by atoms with Crippen LogP contribution >= 0.6 is 11.6 Å². The lowest BCUT2D eigenvalue weighted by Gasteiger charge is -2.12. The average Bonchev–Trinajstić information content (AvgIpc) is 2.76. The first kappa shape index (κ1) is 13.5. The normalized spacial score (nSPS) is 18.2. The maximum atomic E-state index is 13.3.